The summed E-state index contributed by atoms with van der Waals surface area (Å²) in [5.41, 5.74) is 0.250. The first-order chi connectivity index (χ1) is 19.5. The maximum Gasteiger partial charge on any atom is 0.326 e. The number of carboxylic acids is 1. The molecular weight excluding hydrogens is 560 g/mol. The number of likely N-dealkylation sites (N-methyl/N-ethyl adjacent to an activating group) is 1. The molecule has 0 aromatic heterocycles. The molecule has 2 amide bonds. The van der Waals surface area contributed by atoms with Gasteiger partial charge in [-0.3, -0.25) is 14.4 Å². The molecule has 1 saturated carbocycles. The summed E-state index contributed by atoms with van der Waals surface area (Å²) in [7, 11) is 1.51. The lowest BCUT2D eigenvalue weighted by atomic mass is 9.95. The zero-order chi connectivity index (χ0) is 33.5. The molecule has 0 bridgehead atoms. The number of amides is 2. The normalized spacial score (nSPS) is 19.5. The van der Waals surface area contributed by atoms with Crippen molar-refractivity contribution in [2.45, 2.75) is 124 Å². The first-order valence-corrected chi connectivity index (χ1v) is 15.5. The predicted molar refractivity (Wildman–Crippen MR) is 171 cm³/mol. The van der Waals surface area contributed by atoms with E-state index >= 15 is 0 Å². The lowest BCUT2D eigenvalue weighted by Gasteiger charge is -2.20. The van der Waals surface area contributed by atoms with Crippen LogP contribution in [0.2, 0.25) is 0 Å². The van der Waals surface area contributed by atoms with E-state index in [-0.39, 0.29) is 41.6 Å². The molecule has 1 heterocycles. The molecule has 0 aromatic rings. The Hall–Kier alpha value is -1.98. The van der Waals surface area contributed by atoms with Gasteiger partial charge in [-0.15, -0.1) is 0 Å². The number of aliphatic hydroxyl groups excluding tert-OH is 1. The van der Waals surface area contributed by atoms with Gasteiger partial charge in [0, 0.05) is 37.6 Å². The second-order valence-corrected chi connectivity index (χ2v) is 12.8. The number of aliphatic carboxylic acids is 1. The Bertz CT molecular complexity index is 754. The second kappa shape index (κ2) is 25.5. The molecule has 0 aromatic carbocycles. The van der Waals surface area contributed by atoms with Crippen LogP contribution >= 0.6 is 12.6 Å². The summed E-state index contributed by atoms with van der Waals surface area (Å²) in [5.74, 6) is 0.680. The van der Waals surface area contributed by atoms with Crippen LogP contribution in [0.3, 0.4) is 0 Å². The fraction of sp³-hybridized carbons (Fsp3) is 0.839. The van der Waals surface area contributed by atoms with Crippen LogP contribution < -0.4 is 5.32 Å². The van der Waals surface area contributed by atoms with Gasteiger partial charge >= 0.3 is 5.97 Å². The topological polar surface area (TPSA) is 154 Å². The number of carboxylic acid groups (broad SMARTS) is 1. The number of carbonyl (C=O) groups excluding carboxylic acids is 4. The van der Waals surface area contributed by atoms with Gasteiger partial charge in [-0.2, -0.15) is 12.6 Å². The van der Waals surface area contributed by atoms with Crippen molar-refractivity contribution in [2.24, 2.45) is 17.8 Å². The Morgan fingerprint density at radius 3 is 1.95 bits per heavy atom. The number of ether oxygens (including phenoxy) is 1. The van der Waals surface area contributed by atoms with Gasteiger partial charge in [-0.25, -0.2) is 4.79 Å². The van der Waals surface area contributed by atoms with Crippen LogP contribution in [0.1, 0.15) is 107 Å². The molecular formula is C31H60N2O8S. The summed E-state index contributed by atoms with van der Waals surface area (Å²) >= 11 is 4.09. The van der Waals surface area contributed by atoms with Crippen LogP contribution in [0, 0.1) is 17.8 Å². The maximum atomic E-state index is 11.6. The zero-order valence-electron chi connectivity index (χ0n) is 27.6. The number of aliphatic hydroxyl groups is 1. The minimum absolute atomic E-state index is 0.0542. The number of epoxide rings is 1. The molecule has 3 unspecified atom stereocenters. The first-order valence-electron chi connectivity index (χ1n) is 14.9. The third kappa shape index (κ3) is 26.9. The number of hydrogen-bond acceptors (Lipinski definition) is 8. The van der Waals surface area contributed by atoms with Crippen LogP contribution in [-0.4, -0.2) is 89.2 Å². The number of carbonyl (C=O) groups is 5. The van der Waals surface area contributed by atoms with E-state index in [1.54, 1.807) is 6.92 Å². The minimum atomic E-state index is -0.970. The fourth-order valence-electron chi connectivity index (χ4n) is 3.51. The first kappa shape index (κ1) is 44.5. The molecule has 1 aliphatic carbocycles. The molecule has 248 valence electrons. The van der Waals surface area contributed by atoms with E-state index < -0.39 is 12.0 Å². The van der Waals surface area contributed by atoms with Gasteiger partial charge in [-0.1, -0.05) is 34.1 Å². The Labute approximate surface area is 260 Å². The van der Waals surface area contributed by atoms with Crippen molar-refractivity contribution < 1.29 is 38.9 Å². The molecule has 2 aliphatic rings. The van der Waals surface area contributed by atoms with Crippen molar-refractivity contribution in [2.75, 3.05) is 26.8 Å². The van der Waals surface area contributed by atoms with Crippen LogP contribution in [0.5, 0.6) is 0 Å². The number of hydrogen-bond donors (Lipinski definition) is 4. The van der Waals surface area contributed by atoms with E-state index in [2.05, 4.69) is 52.6 Å². The van der Waals surface area contributed by atoms with E-state index in [9.17, 15) is 19.2 Å². The average molecular weight is 621 g/mol. The highest BCUT2D eigenvalue weighted by molar-refractivity contribution is 7.81. The quantitative estimate of drug-likeness (QED) is 0.158. The number of ketones is 1. The molecule has 11 heteroatoms. The molecule has 3 N–H and O–H groups in total. The summed E-state index contributed by atoms with van der Waals surface area (Å²) in [6.07, 6.45) is 6.50. The van der Waals surface area contributed by atoms with E-state index in [0.717, 1.165) is 51.0 Å². The van der Waals surface area contributed by atoms with E-state index in [1.165, 1.54) is 18.9 Å². The van der Waals surface area contributed by atoms with Crippen LogP contribution in [-0.2, 0) is 28.7 Å². The second-order valence-electron chi connectivity index (χ2n) is 12.1. The Kier molecular flexibility index (Phi) is 27.0. The van der Waals surface area contributed by atoms with Crippen molar-refractivity contribution >= 4 is 43.0 Å². The SMILES string of the molecule is C=O.CC(=O)C1CCCC(CNC(=O)CC(S)CO)CC1.CC(C)C.CC1(C)CO1.CCCC(=O)N(C)[C@@H](C)C(=O)O. The lowest BCUT2D eigenvalue weighted by Crippen LogP contribution is -2.40. The van der Waals surface area contributed by atoms with Gasteiger partial charge in [-0.05, 0) is 71.6 Å². The molecule has 10 nitrogen and oxygen atoms in total. The average Bonchev–Trinajstić information content (AvgIpc) is 3.67. The Morgan fingerprint density at radius 1 is 1.07 bits per heavy atom. The number of nitrogens with one attached hydrogen (secondary N) is 1. The van der Waals surface area contributed by atoms with E-state index in [0.29, 0.717) is 24.7 Å². The van der Waals surface area contributed by atoms with Crippen molar-refractivity contribution in [3.63, 3.8) is 0 Å². The summed E-state index contributed by atoms with van der Waals surface area (Å²) in [6, 6.07) is -0.732. The Balaban J connectivity index is -0.000000558. The van der Waals surface area contributed by atoms with Gasteiger partial charge in [0.2, 0.25) is 11.8 Å². The molecule has 1 saturated heterocycles. The van der Waals surface area contributed by atoms with Crippen LogP contribution in [0.25, 0.3) is 0 Å². The third-order valence-corrected chi connectivity index (χ3v) is 6.75. The molecule has 0 spiro atoms. The molecule has 2 rings (SSSR count). The third-order valence-electron chi connectivity index (χ3n) is 6.40. The summed E-state index contributed by atoms with van der Waals surface area (Å²) in [5, 5.41) is 20.0. The number of nitrogens with zero attached hydrogens (tertiary/aromatic N) is 1. The van der Waals surface area contributed by atoms with Gasteiger partial charge < -0.3 is 30.0 Å². The highest BCUT2D eigenvalue weighted by Crippen LogP contribution is 2.27. The summed E-state index contributed by atoms with van der Waals surface area (Å²) < 4.78 is 4.90. The minimum Gasteiger partial charge on any atom is -0.480 e. The van der Waals surface area contributed by atoms with Crippen molar-refractivity contribution in [1.82, 2.24) is 10.2 Å². The zero-order valence-corrected chi connectivity index (χ0v) is 28.5. The van der Waals surface area contributed by atoms with Crippen LogP contribution in [0.15, 0.2) is 0 Å². The van der Waals surface area contributed by atoms with Gasteiger partial charge in [0.15, 0.2) is 0 Å². The molecule has 42 heavy (non-hydrogen) atoms. The number of Topliss-reactive ketones (excluding diaryl/α,β-unsaturated/α-hetero) is 1. The fourth-order valence-corrected chi connectivity index (χ4v) is 3.68. The van der Waals surface area contributed by atoms with Gasteiger partial charge in [0.1, 0.15) is 18.6 Å². The van der Waals surface area contributed by atoms with Crippen molar-refractivity contribution in [3.05, 3.63) is 0 Å². The smallest absolute Gasteiger partial charge is 0.326 e. The highest BCUT2D eigenvalue weighted by Gasteiger charge is 2.32. The van der Waals surface area contributed by atoms with Crippen molar-refractivity contribution in [3.8, 4) is 0 Å². The monoisotopic (exact) mass is 620 g/mol. The van der Waals surface area contributed by atoms with Gasteiger partial charge in [0.05, 0.1) is 18.8 Å². The maximum absolute atomic E-state index is 11.6. The lowest BCUT2D eigenvalue weighted by molar-refractivity contribution is -0.148. The molecule has 1 aliphatic heterocycles. The summed E-state index contributed by atoms with van der Waals surface area (Å²) in [6.45, 7) is 19.3. The molecule has 2 fully saturated rings. The van der Waals surface area contributed by atoms with E-state index in [4.69, 9.17) is 19.7 Å². The molecule has 0 radical (unpaired) electrons. The van der Waals surface area contributed by atoms with Gasteiger partial charge in [0.25, 0.3) is 0 Å². The van der Waals surface area contributed by atoms with E-state index in [1.807, 2.05) is 13.7 Å². The van der Waals surface area contributed by atoms with Crippen LogP contribution in [0.4, 0.5) is 0 Å². The largest absolute Gasteiger partial charge is 0.480 e. The predicted octanol–water partition coefficient (Wildman–Crippen LogP) is 4.56. The molecule has 4 atom stereocenters. The standard InChI is InChI=1S/C14H25NO3S.C8H15NO3.C4H8O.C4H10.CH2O/c1-10(17)12-4-2-3-11(5-6-12)8-15-14(18)7-13(19)9-16;1-4-5-7(10)9(3)6(2)8(11)12;1-4(2)3-5-4;1-4(2)3;1-2/h11-13,16,19H,2-9H2,1H3,(H,15,18);6H,4-5H2,1-3H3,(H,11,12);3H2,1-2H3;4H,1-3H3;1H2/t;6-;;;/m.0.../s1. The Morgan fingerprint density at radius 2 is 1.57 bits per heavy atom. The summed E-state index contributed by atoms with van der Waals surface area (Å²) in [4.78, 5) is 53.8. The highest BCUT2D eigenvalue weighted by atomic mass is 32.1. The number of rotatable bonds is 10. The van der Waals surface area contributed by atoms with Crippen molar-refractivity contribution in [1.29, 1.82) is 0 Å². The number of thiol groups is 1.